The highest BCUT2D eigenvalue weighted by atomic mass is 15.1. The van der Waals surface area contributed by atoms with Crippen LogP contribution < -0.4 is 5.32 Å². The number of nitrogens with one attached hydrogen (secondary N) is 1. The molecule has 0 aromatic carbocycles. The fourth-order valence-electron chi connectivity index (χ4n) is 4.56. The van der Waals surface area contributed by atoms with Crippen LogP contribution in [0.25, 0.3) is 0 Å². The van der Waals surface area contributed by atoms with Gasteiger partial charge in [-0.25, -0.2) is 9.97 Å². The van der Waals surface area contributed by atoms with Gasteiger partial charge in [-0.3, -0.25) is 0 Å². The molecule has 0 radical (unpaired) electrons. The standard InChI is InChI=1S/C15H21N3/c1-2-3-11-7-12(17-8-16-11)18-15-13-9-4-5-10(6-9)14(13)15/h7-10,13-15H,2-6H2,1H3,(H,16,17,18). The zero-order valence-corrected chi connectivity index (χ0v) is 11.0. The molecule has 3 nitrogen and oxygen atoms in total. The van der Waals surface area contributed by atoms with Gasteiger partial charge in [0.05, 0.1) is 0 Å². The maximum atomic E-state index is 4.38. The highest BCUT2D eigenvalue weighted by molar-refractivity contribution is 5.40. The summed E-state index contributed by atoms with van der Waals surface area (Å²) in [5, 5.41) is 3.67. The van der Waals surface area contributed by atoms with E-state index in [0.717, 1.165) is 48.4 Å². The van der Waals surface area contributed by atoms with Crippen LogP contribution >= 0.6 is 0 Å². The predicted octanol–water partition coefficient (Wildman–Crippen LogP) is 2.89. The van der Waals surface area contributed by atoms with Crippen LogP contribution in [0.2, 0.25) is 0 Å². The van der Waals surface area contributed by atoms with Crippen molar-refractivity contribution in [3.05, 3.63) is 18.1 Å². The van der Waals surface area contributed by atoms with E-state index in [-0.39, 0.29) is 0 Å². The van der Waals surface area contributed by atoms with Crippen molar-refractivity contribution in [1.29, 1.82) is 0 Å². The Kier molecular flexibility index (Phi) is 2.36. The van der Waals surface area contributed by atoms with Crippen molar-refractivity contribution in [1.82, 2.24) is 9.97 Å². The molecule has 96 valence electrons. The number of aryl methyl sites for hydroxylation is 1. The van der Waals surface area contributed by atoms with Gasteiger partial charge in [-0.15, -0.1) is 0 Å². The monoisotopic (exact) mass is 243 g/mol. The molecule has 3 aliphatic carbocycles. The van der Waals surface area contributed by atoms with Gasteiger partial charge in [0, 0.05) is 17.8 Å². The third-order valence-electron chi connectivity index (χ3n) is 5.28. The maximum absolute atomic E-state index is 4.38. The van der Waals surface area contributed by atoms with Gasteiger partial charge in [0.2, 0.25) is 0 Å². The second kappa shape index (κ2) is 3.94. The van der Waals surface area contributed by atoms with Crippen LogP contribution in [-0.4, -0.2) is 16.0 Å². The number of hydrogen-bond acceptors (Lipinski definition) is 3. The summed E-state index contributed by atoms with van der Waals surface area (Å²) in [6, 6.07) is 2.86. The molecule has 0 spiro atoms. The number of fused-ring (bicyclic) bond motifs is 5. The van der Waals surface area contributed by atoms with Gasteiger partial charge in [-0.1, -0.05) is 13.3 Å². The first kappa shape index (κ1) is 10.8. The van der Waals surface area contributed by atoms with Crippen LogP contribution in [0.15, 0.2) is 12.4 Å². The van der Waals surface area contributed by atoms with Crippen LogP contribution in [0, 0.1) is 23.7 Å². The lowest BCUT2D eigenvalue weighted by Gasteiger charge is -2.11. The van der Waals surface area contributed by atoms with E-state index in [1.54, 1.807) is 6.33 Å². The molecule has 3 fully saturated rings. The lowest BCUT2D eigenvalue weighted by Crippen LogP contribution is -2.14. The topological polar surface area (TPSA) is 37.8 Å². The second-order valence-corrected chi connectivity index (χ2v) is 6.30. The van der Waals surface area contributed by atoms with Crippen molar-refractivity contribution < 1.29 is 0 Å². The van der Waals surface area contributed by atoms with Gasteiger partial charge in [-0.2, -0.15) is 0 Å². The summed E-state index contributed by atoms with van der Waals surface area (Å²) in [5.74, 6) is 5.03. The number of rotatable bonds is 4. The molecule has 0 saturated heterocycles. The van der Waals surface area contributed by atoms with E-state index in [2.05, 4.69) is 28.3 Å². The molecule has 0 aliphatic heterocycles. The van der Waals surface area contributed by atoms with Gasteiger partial charge < -0.3 is 5.32 Å². The van der Waals surface area contributed by atoms with Crippen LogP contribution in [0.3, 0.4) is 0 Å². The number of nitrogens with zero attached hydrogens (tertiary/aromatic N) is 2. The maximum Gasteiger partial charge on any atom is 0.129 e. The third-order valence-corrected chi connectivity index (χ3v) is 5.28. The molecule has 2 bridgehead atoms. The molecule has 4 unspecified atom stereocenters. The molecule has 4 atom stereocenters. The van der Waals surface area contributed by atoms with Gasteiger partial charge in [0.1, 0.15) is 12.1 Å². The average Bonchev–Trinajstić information content (AvgIpc) is 2.79. The van der Waals surface area contributed by atoms with Gasteiger partial charge in [0.15, 0.2) is 0 Å². The highest BCUT2D eigenvalue weighted by Gasteiger charge is 2.65. The summed E-state index contributed by atoms with van der Waals surface area (Å²) in [4.78, 5) is 8.70. The van der Waals surface area contributed by atoms with Crippen molar-refractivity contribution in [3.63, 3.8) is 0 Å². The van der Waals surface area contributed by atoms with Gasteiger partial charge in [0.25, 0.3) is 0 Å². The molecule has 3 heteroatoms. The SMILES string of the molecule is CCCc1cc(NC2C3C4CCC(C4)C23)ncn1. The first-order valence-electron chi connectivity index (χ1n) is 7.44. The van der Waals surface area contributed by atoms with Crippen LogP contribution in [0.5, 0.6) is 0 Å². The molecule has 0 amide bonds. The van der Waals surface area contributed by atoms with E-state index < -0.39 is 0 Å². The van der Waals surface area contributed by atoms with E-state index in [1.165, 1.54) is 25.0 Å². The summed E-state index contributed by atoms with van der Waals surface area (Å²) in [5.41, 5.74) is 1.17. The first-order chi connectivity index (χ1) is 8.86. The molecule has 1 heterocycles. The molecular formula is C15H21N3. The molecular weight excluding hydrogens is 222 g/mol. The third kappa shape index (κ3) is 1.56. The van der Waals surface area contributed by atoms with E-state index in [4.69, 9.17) is 0 Å². The largest absolute Gasteiger partial charge is 0.367 e. The minimum atomic E-state index is 0.723. The Morgan fingerprint density at radius 3 is 2.72 bits per heavy atom. The summed E-state index contributed by atoms with van der Waals surface area (Å²) < 4.78 is 0. The molecule has 4 rings (SSSR count). The Balaban J connectivity index is 1.45. The van der Waals surface area contributed by atoms with E-state index in [1.807, 2.05) is 0 Å². The van der Waals surface area contributed by atoms with Crippen LogP contribution in [0.4, 0.5) is 5.82 Å². The van der Waals surface area contributed by atoms with Crippen molar-refractivity contribution in [3.8, 4) is 0 Å². The van der Waals surface area contributed by atoms with Crippen molar-refractivity contribution in [2.75, 3.05) is 5.32 Å². The molecule has 1 aromatic heterocycles. The zero-order chi connectivity index (χ0) is 12.1. The van der Waals surface area contributed by atoms with Crippen molar-refractivity contribution in [2.24, 2.45) is 23.7 Å². The summed E-state index contributed by atoms with van der Waals surface area (Å²) in [7, 11) is 0. The highest BCUT2D eigenvalue weighted by Crippen LogP contribution is 2.66. The Labute approximate surface area is 108 Å². The van der Waals surface area contributed by atoms with Crippen molar-refractivity contribution in [2.45, 2.75) is 45.1 Å². The van der Waals surface area contributed by atoms with E-state index >= 15 is 0 Å². The van der Waals surface area contributed by atoms with Crippen LogP contribution in [0.1, 0.15) is 38.3 Å². The smallest absolute Gasteiger partial charge is 0.129 e. The molecule has 1 N–H and O–H groups in total. The van der Waals surface area contributed by atoms with Crippen LogP contribution in [-0.2, 0) is 6.42 Å². The molecule has 3 saturated carbocycles. The summed E-state index contributed by atoms with van der Waals surface area (Å²) in [6.45, 7) is 2.19. The zero-order valence-electron chi connectivity index (χ0n) is 11.0. The fraction of sp³-hybridized carbons (Fsp3) is 0.733. The molecule has 1 aromatic rings. The number of anilines is 1. The number of aromatic nitrogens is 2. The van der Waals surface area contributed by atoms with Gasteiger partial charge in [-0.05, 0) is 49.4 Å². The lowest BCUT2D eigenvalue weighted by atomic mass is 10.0. The number of hydrogen-bond donors (Lipinski definition) is 1. The normalized spacial score (nSPS) is 39.7. The first-order valence-corrected chi connectivity index (χ1v) is 7.44. The van der Waals surface area contributed by atoms with E-state index in [9.17, 15) is 0 Å². The fourth-order valence-corrected chi connectivity index (χ4v) is 4.56. The minimum Gasteiger partial charge on any atom is -0.367 e. The lowest BCUT2D eigenvalue weighted by molar-refractivity contribution is 0.456. The Hall–Kier alpha value is -1.12. The minimum absolute atomic E-state index is 0.723. The predicted molar refractivity (Wildman–Crippen MR) is 71.2 cm³/mol. The Morgan fingerprint density at radius 1 is 1.22 bits per heavy atom. The second-order valence-electron chi connectivity index (χ2n) is 6.30. The quantitative estimate of drug-likeness (QED) is 0.883. The van der Waals surface area contributed by atoms with E-state index in [0.29, 0.717) is 0 Å². The Morgan fingerprint density at radius 2 is 2.00 bits per heavy atom. The van der Waals surface area contributed by atoms with Crippen molar-refractivity contribution >= 4 is 5.82 Å². The summed E-state index contributed by atoms with van der Waals surface area (Å²) >= 11 is 0. The Bertz CT molecular complexity index is 443. The molecule has 18 heavy (non-hydrogen) atoms. The summed E-state index contributed by atoms with van der Waals surface area (Å²) in [6.07, 6.45) is 8.39. The van der Waals surface area contributed by atoms with Gasteiger partial charge >= 0.3 is 0 Å². The average molecular weight is 243 g/mol. The molecule has 3 aliphatic rings.